The SMILES string of the molecule is COc1cc(N)c(Cl)cc1C(=O)NC1CCNC[C@H]1OC. The molecule has 7 heteroatoms. The Morgan fingerprint density at radius 1 is 1.48 bits per heavy atom. The highest BCUT2D eigenvalue weighted by atomic mass is 35.5. The number of ether oxygens (including phenoxy) is 2. The Balaban J connectivity index is 2.18. The monoisotopic (exact) mass is 313 g/mol. The molecular formula is C14H20ClN3O3. The molecule has 4 N–H and O–H groups in total. The van der Waals surface area contributed by atoms with Gasteiger partial charge in [-0.1, -0.05) is 11.6 Å². The van der Waals surface area contributed by atoms with Crippen LogP contribution >= 0.6 is 11.6 Å². The van der Waals surface area contributed by atoms with Crippen molar-refractivity contribution >= 4 is 23.2 Å². The van der Waals surface area contributed by atoms with Crippen LogP contribution in [0.3, 0.4) is 0 Å². The molecule has 0 saturated carbocycles. The number of halogens is 1. The number of carbonyl (C=O) groups excluding carboxylic acids is 1. The molecule has 0 radical (unpaired) electrons. The van der Waals surface area contributed by atoms with Gasteiger partial charge in [-0.05, 0) is 19.0 Å². The minimum atomic E-state index is -0.247. The maximum Gasteiger partial charge on any atom is 0.255 e. The van der Waals surface area contributed by atoms with Crippen LogP contribution in [0.1, 0.15) is 16.8 Å². The zero-order valence-electron chi connectivity index (χ0n) is 12.1. The van der Waals surface area contributed by atoms with E-state index in [0.29, 0.717) is 28.6 Å². The molecule has 1 unspecified atom stereocenters. The van der Waals surface area contributed by atoms with Crippen molar-refractivity contribution in [2.45, 2.75) is 18.6 Å². The van der Waals surface area contributed by atoms with Crippen molar-refractivity contribution < 1.29 is 14.3 Å². The zero-order chi connectivity index (χ0) is 15.4. The average Bonchev–Trinajstić information content (AvgIpc) is 2.50. The van der Waals surface area contributed by atoms with Crippen molar-refractivity contribution in [3.8, 4) is 5.75 Å². The van der Waals surface area contributed by atoms with E-state index in [4.69, 9.17) is 26.8 Å². The number of hydrogen-bond donors (Lipinski definition) is 3. The first-order valence-corrected chi connectivity index (χ1v) is 7.12. The second kappa shape index (κ2) is 6.98. The highest BCUT2D eigenvalue weighted by Gasteiger charge is 2.27. The van der Waals surface area contributed by atoms with Crippen LogP contribution in [0.15, 0.2) is 12.1 Å². The van der Waals surface area contributed by atoms with Crippen LogP contribution < -0.4 is 21.1 Å². The maximum absolute atomic E-state index is 12.5. The number of methoxy groups -OCH3 is 2. The van der Waals surface area contributed by atoms with Gasteiger partial charge in [-0.15, -0.1) is 0 Å². The highest BCUT2D eigenvalue weighted by molar-refractivity contribution is 6.33. The average molecular weight is 314 g/mol. The molecule has 2 atom stereocenters. The van der Waals surface area contributed by atoms with Gasteiger partial charge in [0.25, 0.3) is 5.91 Å². The molecule has 1 aliphatic heterocycles. The van der Waals surface area contributed by atoms with Crippen LogP contribution in [-0.2, 0) is 4.74 Å². The van der Waals surface area contributed by atoms with E-state index in [2.05, 4.69) is 10.6 Å². The Morgan fingerprint density at radius 2 is 2.24 bits per heavy atom. The van der Waals surface area contributed by atoms with Gasteiger partial charge in [-0.3, -0.25) is 4.79 Å². The number of carbonyl (C=O) groups is 1. The third-order valence-electron chi connectivity index (χ3n) is 3.61. The molecule has 1 saturated heterocycles. The van der Waals surface area contributed by atoms with Gasteiger partial charge >= 0.3 is 0 Å². The summed E-state index contributed by atoms with van der Waals surface area (Å²) in [5, 5.41) is 6.53. The third-order valence-corrected chi connectivity index (χ3v) is 3.94. The standard InChI is InChI=1S/C14H20ClN3O3/c1-20-12-6-10(16)9(15)5-8(12)14(19)18-11-3-4-17-7-13(11)21-2/h5-6,11,13,17H,3-4,7,16H2,1-2H3,(H,18,19)/t11?,13-/m1/s1. The molecule has 1 aromatic rings. The summed E-state index contributed by atoms with van der Waals surface area (Å²) in [6.07, 6.45) is 0.743. The van der Waals surface area contributed by atoms with Gasteiger partial charge in [-0.25, -0.2) is 0 Å². The molecule has 1 heterocycles. The Kier molecular flexibility index (Phi) is 5.27. The number of nitrogens with two attached hydrogens (primary N) is 1. The molecule has 1 amide bonds. The lowest BCUT2D eigenvalue weighted by Gasteiger charge is -2.31. The maximum atomic E-state index is 12.5. The summed E-state index contributed by atoms with van der Waals surface area (Å²) in [5.41, 5.74) is 6.46. The van der Waals surface area contributed by atoms with E-state index in [1.807, 2.05) is 0 Å². The number of nitrogens with one attached hydrogen (secondary N) is 2. The second-order valence-corrected chi connectivity index (χ2v) is 5.33. The van der Waals surface area contributed by atoms with Crippen molar-refractivity contribution in [1.29, 1.82) is 0 Å². The van der Waals surface area contributed by atoms with Gasteiger partial charge in [0.05, 0.1) is 35.5 Å². The molecule has 21 heavy (non-hydrogen) atoms. The fourth-order valence-corrected chi connectivity index (χ4v) is 2.57. The quantitative estimate of drug-likeness (QED) is 0.723. The number of anilines is 1. The molecule has 2 rings (SSSR count). The van der Waals surface area contributed by atoms with Crippen LogP contribution in [-0.4, -0.2) is 45.4 Å². The summed E-state index contributed by atoms with van der Waals surface area (Å²) >= 11 is 5.99. The fourth-order valence-electron chi connectivity index (χ4n) is 2.40. The molecule has 1 aliphatic rings. The predicted molar refractivity (Wildman–Crippen MR) is 82.0 cm³/mol. The summed E-state index contributed by atoms with van der Waals surface area (Å²) in [5.74, 6) is 0.153. The minimum Gasteiger partial charge on any atom is -0.496 e. The molecule has 116 valence electrons. The highest BCUT2D eigenvalue weighted by Crippen LogP contribution is 2.29. The lowest BCUT2D eigenvalue weighted by atomic mass is 10.0. The van der Waals surface area contributed by atoms with Crippen molar-refractivity contribution in [2.75, 3.05) is 33.0 Å². The van der Waals surface area contributed by atoms with Crippen LogP contribution in [0, 0.1) is 0 Å². The van der Waals surface area contributed by atoms with Crippen LogP contribution in [0.2, 0.25) is 5.02 Å². The summed E-state index contributed by atoms with van der Waals surface area (Å²) in [7, 11) is 3.12. The molecule has 0 aliphatic carbocycles. The molecule has 6 nitrogen and oxygen atoms in total. The fraction of sp³-hybridized carbons (Fsp3) is 0.500. The third kappa shape index (κ3) is 3.58. The lowest BCUT2D eigenvalue weighted by molar-refractivity contribution is 0.0476. The normalized spacial score (nSPS) is 21.9. The van der Waals surface area contributed by atoms with Gasteiger partial charge in [-0.2, -0.15) is 0 Å². The first kappa shape index (κ1) is 15.9. The Labute approximate surface area is 128 Å². The lowest BCUT2D eigenvalue weighted by Crippen LogP contribution is -2.53. The van der Waals surface area contributed by atoms with Crippen molar-refractivity contribution in [3.63, 3.8) is 0 Å². The van der Waals surface area contributed by atoms with Crippen molar-refractivity contribution in [2.24, 2.45) is 0 Å². The predicted octanol–water partition coefficient (Wildman–Crippen LogP) is 1.04. The van der Waals surface area contributed by atoms with Gasteiger partial charge in [0.1, 0.15) is 5.75 Å². The molecular weight excluding hydrogens is 294 g/mol. The minimum absolute atomic E-state index is 0.0511. The van der Waals surface area contributed by atoms with Crippen LogP contribution in [0.4, 0.5) is 5.69 Å². The number of piperidine rings is 1. The van der Waals surface area contributed by atoms with E-state index < -0.39 is 0 Å². The van der Waals surface area contributed by atoms with Crippen molar-refractivity contribution in [1.82, 2.24) is 10.6 Å². The summed E-state index contributed by atoms with van der Waals surface area (Å²) < 4.78 is 10.6. The molecule has 1 aromatic carbocycles. The van der Waals surface area contributed by atoms with Crippen molar-refractivity contribution in [3.05, 3.63) is 22.7 Å². The van der Waals surface area contributed by atoms with Crippen LogP contribution in [0.25, 0.3) is 0 Å². The smallest absolute Gasteiger partial charge is 0.255 e. The largest absolute Gasteiger partial charge is 0.496 e. The van der Waals surface area contributed by atoms with Gasteiger partial charge in [0.2, 0.25) is 0 Å². The molecule has 0 bridgehead atoms. The first-order chi connectivity index (χ1) is 10.1. The zero-order valence-corrected chi connectivity index (χ0v) is 12.9. The van der Waals surface area contributed by atoms with Gasteiger partial charge in [0, 0.05) is 19.7 Å². The Hall–Kier alpha value is -1.50. The molecule has 0 spiro atoms. The van der Waals surface area contributed by atoms with E-state index in [9.17, 15) is 4.79 Å². The van der Waals surface area contributed by atoms with E-state index in [1.165, 1.54) is 13.2 Å². The number of benzene rings is 1. The van der Waals surface area contributed by atoms with Gasteiger partial charge < -0.3 is 25.8 Å². The Bertz CT molecular complexity index is 524. The molecule has 1 fully saturated rings. The van der Waals surface area contributed by atoms with E-state index in [1.54, 1.807) is 13.2 Å². The number of amides is 1. The van der Waals surface area contributed by atoms with E-state index in [-0.39, 0.29) is 18.1 Å². The summed E-state index contributed by atoms with van der Waals surface area (Å²) in [6, 6.07) is 3.02. The second-order valence-electron chi connectivity index (χ2n) is 4.92. The number of hydrogen-bond acceptors (Lipinski definition) is 5. The van der Waals surface area contributed by atoms with E-state index >= 15 is 0 Å². The number of nitrogen functional groups attached to an aromatic ring is 1. The van der Waals surface area contributed by atoms with Crippen LogP contribution in [0.5, 0.6) is 5.75 Å². The summed E-state index contributed by atoms with van der Waals surface area (Å²) in [4.78, 5) is 12.5. The topological polar surface area (TPSA) is 85.6 Å². The van der Waals surface area contributed by atoms with Gasteiger partial charge in [0.15, 0.2) is 0 Å². The van der Waals surface area contributed by atoms with E-state index in [0.717, 1.165) is 13.0 Å². The first-order valence-electron chi connectivity index (χ1n) is 6.74. The number of rotatable bonds is 4. The summed E-state index contributed by atoms with van der Waals surface area (Å²) in [6.45, 7) is 1.55. The Morgan fingerprint density at radius 3 is 2.90 bits per heavy atom. The molecule has 0 aromatic heterocycles.